The third-order valence-corrected chi connectivity index (χ3v) is 6.64. The normalized spacial score (nSPS) is 19.5. The molecular formula is C26H33F3. The fourth-order valence-corrected chi connectivity index (χ4v) is 4.68. The van der Waals surface area contributed by atoms with Crippen molar-refractivity contribution in [3.8, 4) is 0 Å². The number of hydrogen-bond donors (Lipinski definition) is 0. The molecule has 0 spiro atoms. The summed E-state index contributed by atoms with van der Waals surface area (Å²) in [5.74, 6) is -0.109. The molecule has 0 heterocycles. The fraction of sp³-hybridized carbons (Fsp3) is 0.538. The molecular weight excluding hydrogens is 369 g/mol. The van der Waals surface area contributed by atoms with Crippen molar-refractivity contribution in [2.45, 2.75) is 78.1 Å². The lowest BCUT2D eigenvalue weighted by Crippen LogP contribution is -2.15. The summed E-state index contributed by atoms with van der Waals surface area (Å²) in [6.45, 7) is 3.81. The molecule has 0 atom stereocenters. The third kappa shape index (κ3) is 5.87. The van der Waals surface area contributed by atoms with Gasteiger partial charge in [0.1, 0.15) is 5.82 Å². The highest BCUT2D eigenvalue weighted by atomic mass is 19.2. The first-order chi connectivity index (χ1) is 14.0. The molecule has 158 valence electrons. The van der Waals surface area contributed by atoms with Crippen molar-refractivity contribution in [3.63, 3.8) is 0 Å². The smallest absolute Gasteiger partial charge is 0.162 e. The summed E-state index contributed by atoms with van der Waals surface area (Å²) in [4.78, 5) is 0. The molecule has 3 heteroatoms. The van der Waals surface area contributed by atoms with Crippen LogP contribution in [-0.4, -0.2) is 0 Å². The van der Waals surface area contributed by atoms with E-state index in [1.54, 1.807) is 25.1 Å². The molecule has 1 aliphatic rings. The predicted molar refractivity (Wildman–Crippen MR) is 114 cm³/mol. The highest BCUT2D eigenvalue weighted by Crippen LogP contribution is 2.34. The van der Waals surface area contributed by atoms with Crippen molar-refractivity contribution >= 4 is 0 Å². The summed E-state index contributed by atoms with van der Waals surface area (Å²) >= 11 is 0. The van der Waals surface area contributed by atoms with E-state index < -0.39 is 11.6 Å². The Balaban J connectivity index is 1.51. The molecule has 0 saturated heterocycles. The van der Waals surface area contributed by atoms with E-state index in [9.17, 15) is 13.2 Å². The lowest BCUT2D eigenvalue weighted by Gasteiger charge is -2.28. The molecule has 0 amide bonds. The zero-order chi connectivity index (χ0) is 20.8. The van der Waals surface area contributed by atoms with E-state index in [1.165, 1.54) is 38.5 Å². The highest BCUT2D eigenvalue weighted by Gasteiger charge is 2.20. The van der Waals surface area contributed by atoms with Gasteiger partial charge in [-0.3, -0.25) is 0 Å². The standard InChI is InChI=1S/C26H33F3/c1-3-4-19-6-8-20(9-7-19)10-14-22-15-11-21(17-24(22)27)12-16-23-13-5-18(2)25(28)26(23)29/h5,11,13,15,17,19-20H,3-4,6-10,12,14,16H2,1-2H3. The van der Waals surface area contributed by atoms with Gasteiger partial charge in [-0.15, -0.1) is 0 Å². The van der Waals surface area contributed by atoms with Crippen LogP contribution < -0.4 is 0 Å². The van der Waals surface area contributed by atoms with Gasteiger partial charge in [-0.05, 0) is 72.8 Å². The Kier molecular flexibility index (Phi) is 7.80. The van der Waals surface area contributed by atoms with Crippen molar-refractivity contribution < 1.29 is 13.2 Å². The van der Waals surface area contributed by atoms with Gasteiger partial charge in [-0.1, -0.05) is 69.7 Å². The van der Waals surface area contributed by atoms with E-state index in [1.807, 2.05) is 12.1 Å². The molecule has 0 nitrogen and oxygen atoms in total. The van der Waals surface area contributed by atoms with Crippen molar-refractivity contribution in [2.24, 2.45) is 11.8 Å². The zero-order valence-corrected chi connectivity index (χ0v) is 17.7. The van der Waals surface area contributed by atoms with Gasteiger partial charge in [0.25, 0.3) is 0 Å². The lowest BCUT2D eigenvalue weighted by atomic mass is 9.78. The van der Waals surface area contributed by atoms with Crippen LogP contribution >= 0.6 is 0 Å². The highest BCUT2D eigenvalue weighted by molar-refractivity contribution is 5.28. The second kappa shape index (κ2) is 10.3. The average Bonchev–Trinajstić information content (AvgIpc) is 2.72. The zero-order valence-electron chi connectivity index (χ0n) is 17.7. The van der Waals surface area contributed by atoms with Crippen LogP contribution in [0, 0.1) is 36.2 Å². The summed E-state index contributed by atoms with van der Waals surface area (Å²) in [5, 5.41) is 0. The lowest BCUT2D eigenvalue weighted by molar-refractivity contribution is 0.252. The van der Waals surface area contributed by atoms with Crippen LogP contribution in [0.3, 0.4) is 0 Å². The van der Waals surface area contributed by atoms with Gasteiger partial charge < -0.3 is 0 Å². The van der Waals surface area contributed by atoms with Crippen molar-refractivity contribution in [3.05, 3.63) is 70.0 Å². The summed E-state index contributed by atoms with van der Waals surface area (Å²) < 4.78 is 42.3. The van der Waals surface area contributed by atoms with E-state index in [4.69, 9.17) is 0 Å². The Bertz CT molecular complexity index is 804. The van der Waals surface area contributed by atoms with Crippen LogP contribution in [-0.2, 0) is 19.3 Å². The minimum Gasteiger partial charge on any atom is -0.207 e. The SMILES string of the molecule is CCCC1CCC(CCc2ccc(CCc3ccc(C)c(F)c3F)cc2F)CC1. The molecule has 0 unspecified atom stereocenters. The first-order valence-corrected chi connectivity index (χ1v) is 11.2. The summed E-state index contributed by atoms with van der Waals surface area (Å²) in [6.07, 6.45) is 10.6. The molecule has 1 aliphatic carbocycles. The topological polar surface area (TPSA) is 0 Å². The van der Waals surface area contributed by atoms with Gasteiger partial charge in [0.05, 0.1) is 0 Å². The second-order valence-corrected chi connectivity index (χ2v) is 8.81. The minimum absolute atomic E-state index is 0.169. The molecule has 2 aromatic carbocycles. The maximum Gasteiger partial charge on any atom is 0.162 e. The molecule has 1 fully saturated rings. The molecule has 0 aromatic heterocycles. The van der Waals surface area contributed by atoms with Crippen molar-refractivity contribution in [2.75, 3.05) is 0 Å². The number of aryl methyl sites for hydroxylation is 4. The monoisotopic (exact) mass is 402 g/mol. The molecule has 3 rings (SSSR count). The van der Waals surface area contributed by atoms with Gasteiger partial charge in [-0.25, -0.2) is 13.2 Å². The molecule has 0 N–H and O–H groups in total. The third-order valence-electron chi connectivity index (χ3n) is 6.64. The van der Waals surface area contributed by atoms with Crippen LogP contribution in [0.4, 0.5) is 13.2 Å². The quantitative estimate of drug-likeness (QED) is 0.424. The largest absolute Gasteiger partial charge is 0.207 e. The van der Waals surface area contributed by atoms with Crippen LogP contribution in [0.1, 0.15) is 74.1 Å². The number of halogens is 3. The Morgan fingerprint density at radius 2 is 1.41 bits per heavy atom. The number of rotatable bonds is 8. The van der Waals surface area contributed by atoms with Crippen LogP contribution in [0.15, 0.2) is 30.3 Å². The summed E-state index contributed by atoms with van der Waals surface area (Å²) in [7, 11) is 0. The number of hydrogen-bond acceptors (Lipinski definition) is 0. The van der Waals surface area contributed by atoms with Crippen molar-refractivity contribution in [1.82, 2.24) is 0 Å². The second-order valence-electron chi connectivity index (χ2n) is 8.81. The Morgan fingerprint density at radius 3 is 2.07 bits per heavy atom. The van der Waals surface area contributed by atoms with E-state index in [2.05, 4.69) is 6.92 Å². The van der Waals surface area contributed by atoms with Crippen LogP contribution in [0.5, 0.6) is 0 Å². The van der Waals surface area contributed by atoms with Gasteiger partial charge in [0.15, 0.2) is 11.6 Å². The van der Waals surface area contributed by atoms with Crippen LogP contribution in [0.25, 0.3) is 0 Å². The van der Waals surface area contributed by atoms with Gasteiger partial charge >= 0.3 is 0 Å². The van der Waals surface area contributed by atoms with E-state index in [0.29, 0.717) is 24.0 Å². The first-order valence-electron chi connectivity index (χ1n) is 11.2. The molecule has 2 aromatic rings. The van der Waals surface area contributed by atoms with Crippen molar-refractivity contribution in [1.29, 1.82) is 0 Å². The summed E-state index contributed by atoms with van der Waals surface area (Å²) in [6, 6.07) is 8.58. The first kappa shape index (κ1) is 21.9. The maximum atomic E-state index is 14.6. The van der Waals surface area contributed by atoms with E-state index in [-0.39, 0.29) is 5.82 Å². The van der Waals surface area contributed by atoms with Gasteiger partial charge in [0.2, 0.25) is 0 Å². The maximum absolute atomic E-state index is 14.6. The molecule has 0 radical (unpaired) electrons. The Morgan fingerprint density at radius 1 is 0.759 bits per heavy atom. The molecule has 0 bridgehead atoms. The molecule has 0 aliphatic heterocycles. The van der Waals surface area contributed by atoms with Gasteiger partial charge in [-0.2, -0.15) is 0 Å². The average molecular weight is 403 g/mol. The Hall–Kier alpha value is -1.77. The predicted octanol–water partition coefficient (Wildman–Crippen LogP) is 7.74. The number of benzene rings is 2. The molecule has 29 heavy (non-hydrogen) atoms. The van der Waals surface area contributed by atoms with Crippen LogP contribution in [0.2, 0.25) is 0 Å². The van der Waals surface area contributed by atoms with E-state index in [0.717, 1.165) is 35.8 Å². The minimum atomic E-state index is -0.784. The summed E-state index contributed by atoms with van der Waals surface area (Å²) in [5.41, 5.74) is 2.25. The molecule has 1 saturated carbocycles. The fourth-order valence-electron chi connectivity index (χ4n) is 4.68. The van der Waals surface area contributed by atoms with E-state index >= 15 is 0 Å². The Labute approximate surface area is 173 Å². The van der Waals surface area contributed by atoms with Gasteiger partial charge in [0, 0.05) is 0 Å².